The molecular formula is C4H7NO2. The monoisotopic (exact) mass is 101 g/mol. The minimum Gasteiger partial charge on any atom is -0.455 e. The quantitative estimate of drug-likeness (QED) is 0.441. The van der Waals surface area contributed by atoms with Crippen LogP contribution in [0, 0.1) is 0 Å². The average molecular weight is 101 g/mol. The molecule has 1 atom stereocenters. The molecular weight excluding hydrogens is 94.0 g/mol. The molecule has 0 aromatic carbocycles. The van der Waals surface area contributed by atoms with Crippen LogP contribution in [-0.2, 0) is 9.47 Å². The Morgan fingerprint density at radius 3 is 3.00 bits per heavy atom. The highest BCUT2D eigenvalue weighted by molar-refractivity contribution is 5.46. The lowest BCUT2D eigenvalue weighted by molar-refractivity contribution is -0.0827. The minimum absolute atomic E-state index is 0.113. The Morgan fingerprint density at radius 2 is 2.71 bits per heavy atom. The highest BCUT2D eigenvalue weighted by Crippen LogP contribution is 1.94. The van der Waals surface area contributed by atoms with Crippen molar-refractivity contribution in [2.45, 2.75) is 13.2 Å². The maximum atomic E-state index is 4.86. The van der Waals surface area contributed by atoms with Gasteiger partial charge in [0.25, 0.3) is 0 Å². The zero-order valence-corrected chi connectivity index (χ0v) is 4.13. The van der Waals surface area contributed by atoms with Gasteiger partial charge >= 0.3 is 0 Å². The van der Waals surface area contributed by atoms with Gasteiger partial charge in [-0.1, -0.05) is 0 Å². The van der Waals surface area contributed by atoms with Crippen molar-refractivity contribution < 1.29 is 9.47 Å². The zero-order valence-electron chi connectivity index (χ0n) is 4.13. The third-order valence-electron chi connectivity index (χ3n) is 0.711. The van der Waals surface area contributed by atoms with Gasteiger partial charge in [-0.3, -0.25) is 0 Å². The summed E-state index contributed by atoms with van der Waals surface area (Å²) in [7, 11) is 0. The predicted octanol–water partition coefficient (Wildman–Crippen LogP) is 0.365. The highest BCUT2D eigenvalue weighted by atomic mass is 16.7. The van der Waals surface area contributed by atoms with Crippen molar-refractivity contribution in [2.24, 2.45) is 4.99 Å². The molecule has 1 aliphatic heterocycles. The van der Waals surface area contributed by atoms with Gasteiger partial charge in [0.05, 0.1) is 0 Å². The van der Waals surface area contributed by atoms with E-state index >= 15 is 0 Å². The van der Waals surface area contributed by atoms with Crippen LogP contribution in [0.1, 0.15) is 6.92 Å². The number of ether oxygens (including phenoxy) is 2. The third-order valence-corrected chi connectivity index (χ3v) is 0.711. The second-order valence-corrected chi connectivity index (χ2v) is 1.29. The summed E-state index contributed by atoms with van der Waals surface area (Å²) in [4.78, 5) is 3.66. The summed E-state index contributed by atoms with van der Waals surface area (Å²) in [6.07, 6.45) is 1.30. The highest BCUT2D eigenvalue weighted by Gasteiger charge is 2.00. The van der Waals surface area contributed by atoms with Gasteiger partial charge < -0.3 is 9.47 Å². The number of hydrogen-bond acceptors (Lipinski definition) is 3. The van der Waals surface area contributed by atoms with Crippen LogP contribution in [0.2, 0.25) is 0 Å². The van der Waals surface area contributed by atoms with Crippen LogP contribution < -0.4 is 0 Å². The van der Waals surface area contributed by atoms with E-state index in [0.717, 1.165) is 0 Å². The van der Waals surface area contributed by atoms with E-state index in [1.165, 1.54) is 6.40 Å². The van der Waals surface area contributed by atoms with Gasteiger partial charge in [-0.25, -0.2) is 4.99 Å². The maximum absolute atomic E-state index is 4.86. The van der Waals surface area contributed by atoms with E-state index in [0.29, 0.717) is 6.73 Å². The van der Waals surface area contributed by atoms with Gasteiger partial charge in [0, 0.05) is 0 Å². The fraction of sp³-hybridized carbons (Fsp3) is 0.750. The van der Waals surface area contributed by atoms with Gasteiger partial charge in [-0.05, 0) is 6.92 Å². The average Bonchev–Trinajstić information content (AvgIpc) is 1.69. The van der Waals surface area contributed by atoms with Gasteiger partial charge in [-0.15, -0.1) is 0 Å². The van der Waals surface area contributed by atoms with Crippen LogP contribution in [-0.4, -0.2) is 19.4 Å². The molecule has 1 unspecified atom stereocenters. The van der Waals surface area contributed by atoms with E-state index in [2.05, 4.69) is 4.99 Å². The fourth-order valence-corrected chi connectivity index (χ4v) is 0.346. The van der Waals surface area contributed by atoms with Crippen LogP contribution in [0.25, 0.3) is 0 Å². The Hall–Kier alpha value is -0.570. The number of nitrogens with zero attached hydrogens (tertiary/aromatic N) is 1. The summed E-state index contributed by atoms with van der Waals surface area (Å²) in [6.45, 7) is 2.26. The molecule has 0 amide bonds. The van der Waals surface area contributed by atoms with Crippen LogP contribution in [0.3, 0.4) is 0 Å². The van der Waals surface area contributed by atoms with Gasteiger partial charge in [0.1, 0.15) is 6.73 Å². The summed E-state index contributed by atoms with van der Waals surface area (Å²) in [5.41, 5.74) is 0. The Kier molecular flexibility index (Phi) is 1.26. The summed E-state index contributed by atoms with van der Waals surface area (Å²) in [5, 5.41) is 0. The van der Waals surface area contributed by atoms with Crippen LogP contribution in [0.15, 0.2) is 4.99 Å². The Balaban J connectivity index is 2.32. The topological polar surface area (TPSA) is 30.8 Å². The molecule has 7 heavy (non-hydrogen) atoms. The number of hydrogen-bond donors (Lipinski definition) is 0. The van der Waals surface area contributed by atoms with Crippen molar-refractivity contribution in [3.63, 3.8) is 0 Å². The van der Waals surface area contributed by atoms with E-state index < -0.39 is 0 Å². The van der Waals surface area contributed by atoms with E-state index in [4.69, 9.17) is 9.47 Å². The Labute approximate surface area is 42.0 Å². The standard InChI is InChI=1S/C4H7NO2/c1-4-6-2-5-3-7-4/h2,4H,3H2,1H3. The molecule has 0 radical (unpaired) electrons. The molecule has 0 N–H and O–H groups in total. The second kappa shape index (κ2) is 1.93. The normalized spacial score (nSPS) is 29.6. The first-order valence-corrected chi connectivity index (χ1v) is 2.15. The first kappa shape index (κ1) is 4.59. The maximum Gasteiger partial charge on any atom is 0.200 e. The predicted molar refractivity (Wildman–Crippen MR) is 25.0 cm³/mol. The van der Waals surface area contributed by atoms with Gasteiger partial charge in [0.15, 0.2) is 12.7 Å². The molecule has 0 aromatic heterocycles. The molecule has 1 aliphatic rings. The minimum atomic E-state index is -0.113. The van der Waals surface area contributed by atoms with E-state index in [1.54, 1.807) is 0 Å². The lowest BCUT2D eigenvalue weighted by atomic mass is 10.7. The van der Waals surface area contributed by atoms with Gasteiger partial charge in [0.2, 0.25) is 0 Å². The summed E-state index contributed by atoms with van der Waals surface area (Å²) < 4.78 is 9.62. The number of rotatable bonds is 0. The second-order valence-electron chi connectivity index (χ2n) is 1.29. The molecule has 0 aliphatic carbocycles. The van der Waals surface area contributed by atoms with Crippen LogP contribution in [0.4, 0.5) is 0 Å². The lowest BCUT2D eigenvalue weighted by Gasteiger charge is -2.13. The molecule has 3 nitrogen and oxygen atoms in total. The smallest absolute Gasteiger partial charge is 0.200 e. The molecule has 3 heteroatoms. The summed E-state index contributed by atoms with van der Waals surface area (Å²) in [5.74, 6) is 0. The van der Waals surface area contributed by atoms with Crippen molar-refractivity contribution in [1.29, 1.82) is 0 Å². The van der Waals surface area contributed by atoms with Crippen molar-refractivity contribution in [2.75, 3.05) is 6.73 Å². The van der Waals surface area contributed by atoms with Crippen molar-refractivity contribution in [3.05, 3.63) is 0 Å². The molecule has 40 valence electrons. The molecule has 1 rings (SSSR count). The van der Waals surface area contributed by atoms with Crippen molar-refractivity contribution >= 4 is 6.40 Å². The first-order chi connectivity index (χ1) is 3.39. The molecule has 0 aromatic rings. The fourth-order valence-electron chi connectivity index (χ4n) is 0.346. The Morgan fingerprint density at radius 1 is 1.86 bits per heavy atom. The summed E-state index contributed by atoms with van der Waals surface area (Å²) in [6, 6.07) is 0. The molecule has 0 saturated heterocycles. The third kappa shape index (κ3) is 1.16. The van der Waals surface area contributed by atoms with Crippen molar-refractivity contribution in [1.82, 2.24) is 0 Å². The number of aliphatic imine (C=N–C) groups is 1. The SMILES string of the molecule is CC1OC=NCO1. The molecule has 0 spiro atoms. The molecule has 0 fully saturated rings. The lowest BCUT2D eigenvalue weighted by Crippen LogP contribution is -2.16. The molecule has 1 heterocycles. The van der Waals surface area contributed by atoms with Crippen LogP contribution in [0.5, 0.6) is 0 Å². The Bertz CT molecular complexity index is 81.8. The van der Waals surface area contributed by atoms with Crippen molar-refractivity contribution in [3.8, 4) is 0 Å². The van der Waals surface area contributed by atoms with Crippen LogP contribution >= 0.6 is 0 Å². The summed E-state index contributed by atoms with van der Waals surface area (Å²) >= 11 is 0. The molecule has 0 saturated carbocycles. The largest absolute Gasteiger partial charge is 0.455 e. The zero-order chi connectivity index (χ0) is 5.11. The van der Waals surface area contributed by atoms with E-state index in [1.807, 2.05) is 6.92 Å². The molecule has 0 bridgehead atoms. The van der Waals surface area contributed by atoms with Gasteiger partial charge in [-0.2, -0.15) is 0 Å². The first-order valence-electron chi connectivity index (χ1n) is 2.15. The van der Waals surface area contributed by atoms with E-state index in [-0.39, 0.29) is 6.29 Å². The van der Waals surface area contributed by atoms with E-state index in [9.17, 15) is 0 Å².